The lowest BCUT2D eigenvalue weighted by atomic mass is 10.3. The van der Waals surface area contributed by atoms with Gasteiger partial charge in [-0.2, -0.15) is 0 Å². The summed E-state index contributed by atoms with van der Waals surface area (Å²) >= 11 is 12.6. The molecule has 0 saturated carbocycles. The van der Waals surface area contributed by atoms with Crippen molar-refractivity contribution in [2.45, 2.75) is 13.5 Å². The lowest BCUT2D eigenvalue weighted by Crippen LogP contribution is -2.00. The van der Waals surface area contributed by atoms with Crippen molar-refractivity contribution >= 4 is 46.2 Å². The van der Waals surface area contributed by atoms with Gasteiger partial charge in [-0.15, -0.1) is 11.3 Å². The molecule has 0 amide bonds. The zero-order chi connectivity index (χ0) is 13.6. The maximum absolute atomic E-state index is 13.6. The number of imidazole rings is 1. The van der Waals surface area contributed by atoms with Crippen molar-refractivity contribution in [2.24, 2.45) is 0 Å². The highest BCUT2D eigenvalue weighted by Gasteiger charge is 2.10. The molecular weight excluding hydrogens is 305 g/mol. The van der Waals surface area contributed by atoms with Gasteiger partial charge >= 0.3 is 0 Å². The second-order valence-corrected chi connectivity index (χ2v) is 6.01. The first-order valence-electron chi connectivity index (χ1n) is 5.53. The van der Waals surface area contributed by atoms with Crippen LogP contribution in [-0.4, -0.2) is 14.5 Å². The number of fused-ring (bicyclic) bond motifs is 1. The van der Waals surface area contributed by atoms with Gasteiger partial charge in [-0.25, -0.2) is 9.37 Å². The van der Waals surface area contributed by atoms with Gasteiger partial charge in [0.25, 0.3) is 0 Å². The van der Waals surface area contributed by atoms with E-state index < -0.39 is 5.82 Å². The fourth-order valence-corrected chi connectivity index (χ4v) is 2.99. The number of nitrogens with zero attached hydrogens (tertiary/aromatic N) is 2. The summed E-state index contributed by atoms with van der Waals surface area (Å²) in [5.74, 6) is -0.452. The van der Waals surface area contributed by atoms with Crippen molar-refractivity contribution in [1.82, 2.24) is 14.5 Å². The molecule has 0 fully saturated rings. The smallest absolute Gasteiger partial charge is 0.178 e. The summed E-state index contributed by atoms with van der Waals surface area (Å²) in [5, 5.41) is 3.05. The standard InChI is InChI=1S/C12H9ClFN3S2/c1-6-15-7(5-19-6)4-17-11-3-9(14)8(13)2-10(11)16-12(17)18/h2-3,5H,4H2,1H3,(H,16,18). The Balaban J connectivity index is 2.15. The quantitative estimate of drug-likeness (QED) is 0.715. The molecule has 3 nitrogen and oxygen atoms in total. The molecule has 3 aromatic rings. The molecular formula is C12H9ClFN3S2. The molecule has 19 heavy (non-hydrogen) atoms. The number of aryl methyl sites for hydroxylation is 1. The molecule has 0 bridgehead atoms. The molecule has 2 heterocycles. The molecule has 98 valence electrons. The van der Waals surface area contributed by atoms with E-state index in [0.717, 1.165) is 16.2 Å². The van der Waals surface area contributed by atoms with Crippen LogP contribution in [0.2, 0.25) is 5.02 Å². The van der Waals surface area contributed by atoms with E-state index in [1.165, 1.54) is 6.07 Å². The number of halogens is 2. The topological polar surface area (TPSA) is 33.6 Å². The van der Waals surface area contributed by atoms with Crippen LogP contribution in [0.4, 0.5) is 4.39 Å². The molecule has 7 heteroatoms. The number of H-pyrrole nitrogens is 1. The molecule has 0 unspecified atom stereocenters. The molecule has 0 aliphatic heterocycles. The summed E-state index contributed by atoms with van der Waals surface area (Å²) in [6, 6.07) is 2.94. The van der Waals surface area contributed by atoms with Crippen molar-refractivity contribution in [1.29, 1.82) is 0 Å². The maximum atomic E-state index is 13.6. The summed E-state index contributed by atoms with van der Waals surface area (Å²) in [7, 11) is 0. The van der Waals surface area contributed by atoms with Crippen molar-refractivity contribution in [3.05, 3.63) is 43.8 Å². The van der Waals surface area contributed by atoms with Crippen molar-refractivity contribution < 1.29 is 4.39 Å². The van der Waals surface area contributed by atoms with Gasteiger partial charge in [-0.1, -0.05) is 11.6 Å². The molecule has 1 N–H and O–H groups in total. The number of rotatable bonds is 2. The minimum Gasteiger partial charge on any atom is -0.331 e. The predicted molar refractivity (Wildman–Crippen MR) is 78.0 cm³/mol. The van der Waals surface area contributed by atoms with Crippen molar-refractivity contribution in [3.63, 3.8) is 0 Å². The number of aromatic nitrogens is 3. The Morgan fingerprint density at radius 1 is 1.53 bits per heavy atom. The van der Waals surface area contributed by atoms with Crippen molar-refractivity contribution in [3.8, 4) is 0 Å². The highest BCUT2D eigenvalue weighted by Crippen LogP contribution is 2.23. The Labute approximate surface area is 122 Å². The third-order valence-electron chi connectivity index (χ3n) is 2.80. The summed E-state index contributed by atoms with van der Waals surface area (Å²) in [4.78, 5) is 7.42. The van der Waals surface area contributed by atoms with Gasteiger partial charge in [0.05, 0.1) is 33.3 Å². The normalized spacial score (nSPS) is 11.3. The Morgan fingerprint density at radius 2 is 2.32 bits per heavy atom. The second-order valence-electron chi connectivity index (χ2n) is 4.16. The fourth-order valence-electron chi connectivity index (χ4n) is 1.95. The molecule has 0 atom stereocenters. The van der Waals surface area contributed by atoms with Gasteiger partial charge in [0.15, 0.2) is 4.77 Å². The average molecular weight is 314 g/mol. The van der Waals surface area contributed by atoms with E-state index in [1.54, 1.807) is 17.4 Å². The van der Waals surface area contributed by atoms with Crippen molar-refractivity contribution in [2.75, 3.05) is 0 Å². The molecule has 1 aromatic carbocycles. The van der Waals surface area contributed by atoms with E-state index in [4.69, 9.17) is 23.8 Å². The molecule has 2 aromatic heterocycles. The SMILES string of the molecule is Cc1nc(Cn2c(=S)[nH]c3cc(Cl)c(F)cc32)cs1. The summed E-state index contributed by atoms with van der Waals surface area (Å²) in [6.07, 6.45) is 0. The van der Waals surface area contributed by atoms with E-state index in [0.29, 0.717) is 16.8 Å². The first kappa shape index (κ1) is 12.8. The van der Waals surface area contributed by atoms with Gasteiger partial charge in [-0.3, -0.25) is 0 Å². The fraction of sp³-hybridized carbons (Fsp3) is 0.167. The van der Waals surface area contributed by atoms with Crippen LogP contribution in [0, 0.1) is 17.5 Å². The van der Waals surface area contributed by atoms with Gasteiger partial charge in [0.1, 0.15) is 5.82 Å². The van der Waals surface area contributed by atoms with Gasteiger partial charge < -0.3 is 9.55 Å². The Morgan fingerprint density at radius 3 is 3.00 bits per heavy atom. The van der Waals surface area contributed by atoms with Gasteiger partial charge in [0.2, 0.25) is 0 Å². The van der Waals surface area contributed by atoms with Gasteiger partial charge in [-0.05, 0) is 25.2 Å². The third-order valence-corrected chi connectivity index (χ3v) is 4.24. The lowest BCUT2D eigenvalue weighted by molar-refractivity contribution is 0.628. The van der Waals surface area contributed by atoms with Crippen LogP contribution >= 0.6 is 35.2 Å². The average Bonchev–Trinajstić information content (AvgIpc) is 2.87. The number of hydrogen-bond donors (Lipinski definition) is 1. The highest BCUT2D eigenvalue weighted by atomic mass is 35.5. The van der Waals surface area contributed by atoms with E-state index in [9.17, 15) is 4.39 Å². The maximum Gasteiger partial charge on any atom is 0.178 e. The zero-order valence-electron chi connectivity index (χ0n) is 9.91. The molecule has 3 rings (SSSR count). The number of nitrogens with one attached hydrogen (secondary N) is 1. The first-order valence-corrected chi connectivity index (χ1v) is 7.20. The molecule has 0 radical (unpaired) electrons. The first-order chi connectivity index (χ1) is 9.04. The zero-order valence-corrected chi connectivity index (χ0v) is 12.3. The predicted octanol–water partition coefficient (Wildman–Crippen LogP) is 4.30. The second kappa shape index (κ2) is 4.70. The number of thiazole rings is 1. The lowest BCUT2D eigenvalue weighted by Gasteiger charge is -2.02. The summed E-state index contributed by atoms with van der Waals surface area (Å²) in [5.41, 5.74) is 2.33. The molecule has 0 spiro atoms. The number of hydrogen-bond acceptors (Lipinski definition) is 3. The minimum atomic E-state index is -0.452. The Kier molecular flexibility index (Phi) is 3.16. The Bertz CT molecular complexity index is 818. The van der Waals surface area contributed by atoms with Crippen LogP contribution < -0.4 is 0 Å². The third kappa shape index (κ3) is 2.31. The largest absolute Gasteiger partial charge is 0.331 e. The van der Waals surface area contributed by atoms with Crippen LogP contribution in [0.3, 0.4) is 0 Å². The number of benzene rings is 1. The van der Waals surface area contributed by atoms with Crippen LogP contribution in [0.5, 0.6) is 0 Å². The summed E-state index contributed by atoms with van der Waals surface area (Å²) < 4.78 is 15.9. The Hall–Kier alpha value is -1.24. The van der Waals surface area contributed by atoms with Crippen LogP contribution in [0.1, 0.15) is 10.7 Å². The van der Waals surface area contributed by atoms with Crippen LogP contribution in [0.15, 0.2) is 17.5 Å². The van der Waals surface area contributed by atoms with Crippen LogP contribution in [-0.2, 0) is 6.54 Å². The molecule has 0 aliphatic rings. The molecule has 0 saturated heterocycles. The van der Waals surface area contributed by atoms with Crippen LogP contribution in [0.25, 0.3) is 11.0 Å². The van der Waals surface area contributed by atoms with E-state index in [1.807, 2.05) is 16.9 Å². The van der Waals surface area contributed by atoms with Gasteiger partial charge in [0, 0.05) is 11.4 Å². The highest BCUT2D eigenvalue weighted by molar-refractivity contribution is 7.71. The summed E-state index contributed by atoms with van der Waals surface area (Å²) in [6.45, 7) is 2.46. The molecule has 0 aliphatic carbocycles. The van der Waals surface area contributed by atoms with E-state index >= 15 is 0 Å². The monoisotopic (exact) mass is 313 g/mol. The van der Waals surface area contributed by atoms with E-state index in [-0.39, 0.29) is 5.02 Å². The minimum absolute atomic E-state index is 0.0837. The van der Waals surface area contributed by atoms with E-state index in [2.05, 4.69) is 9.97 Å². The number of aromatic amines is 1.